The highest BCUT2D eigenvalue weighted by molar-refractivity contribution is 5.62. The van der Waals surface area contributed by atoms with E-state index in [4.69, 9.17) is 4.74 Å². The molecule has 0 bridgehead atoms. The third kappa shape index (κ3) is 2.73. The molecule has 2 aromatic heterocycles. The lowest BCUT2D eigenvalue weighted by atomic mass is 10.1. The molecule has 3 aromatic rings. The largest absolute Gasteiger partial charge is 0.380 e. The third-order valence-electron chi connectivity index (χ3n) is 3.33. The van der Waals surface area contributed by atoms with Crippen LogP contribution < -0.4 is 4.90 Å². The zero-order valence-electron chi connectivity index (χ0n) is 12.4. The molecule has 0 saturated heterocycles. The summed E-state index contributed by atoms with van der Waals surface area (Å²) in [5.74, 6) is 1.60. The Balaban J connectivity index is 1.96. The molecule has 0 N–H and O–H groups in total. The maximum Gasteiger partial charge on any atom is 0.236 e. The van der Waals surface area contributed by atoms with Gasteiger partial charge in [0.05, 0.1) is 12.3 Å². The number of hydrogen-bond donors (Lipinski definition) is 0. The summed E-state index contributed by atoms with van der Waals surface area (Å²) in [4.78, 5) is 11.1. The smallest absolute Gasteiger partial charge is 0.236 e. The summed E-state index contributed by atoms with van der Waals surface area (Å²) in [6.07, 6.45) is 3.97. The topological polar surface area (TPSA) is 42.7 Å². The summed E-state index contributed by atoms with van der Waals surface area (Å²) in [6, 6.07) is 10.2. The van der Waals surface area contributed by atoms with Crippen LogP contribution in [0.2, 0.25) is 0 Å². The van der Waals surface area contributed by atoms with E-state index in [1.807, 2.05) is 41.9 Å². The molecule has 0 atom stereocenters. The molecule has 0 amide bonds. The number of hydrogen-bond acceptors (Lipinski definition) is 4. The Labute approximate surface area is 123 Å². The van der Waals surface area contributed by atoms with Crippen molar-refractivity contribution >= 4 is 11.6 Å². The first-order valence-corrected chi connectivity index (χ1v) is 6.78. The van der Waals surface area contributed by atoms with Gasteiger partial charge in [-0.2, -0.15) is 4.98 Å². The molecule has 2 heterocycles. The van der Waals surface area contributed by atoms with Gasteiger partial charge in [0.1, 0.15) is 5.82 Å². The second kappa shape index (κ2) is 5.54. The van der Waals surface area contributed by atoms with Crippen molar-refractivity contribution in [3.8, 4) is 11.3 Å². The Kier molecular flexibility index (Phi) is 3.58. The van der Waals surface area contributed by atoms with Gasteiger partial charge >= 0.3 is 0 Å². The first kappa shape index (κ1) is 13.6. The lowest BCUT2D eigenvalue weighted by Crippen LogP contribution is -2.10. The minimum Gasteiger partial charge on any atom is -0.380 e. The summed E-state index contributed by atoms with van der Waals surface area (Å²) in [5.41, 5.74) is 3.15. The standard InChI is InChI=1S/C16H18N4O/c1-19(2)15-8-9-20-10-14(17-16(20)18-15)13-6-4-12(5-7-13)11-21-3/h4-10H,11H2,1-3H3. The minimum atomic E-state index is 0.624. The monoisotopic (exact) mass is 282 g/mol. The Morgan fingerprint density at radius 2 is 1.86 bits per heavy atom. The average molecular weight is 282 g/mol. The second-order valence-corrected chi connectivity index (χ2v) is 5.14. The van der Waals surface area contributed by atoms with E-state index >= 15 is 0 Å². The zero-order chi connectivity index (χ0) is 14.8. The van der Waals surface area contributed by atoms with Crippen molar-refractivity contribution in [2.75, 3.05) is 26.1 Å². The zero-order valence-corrected chi connectivity index (χ0v) is 12.4. The van der Waals surface area contributed by atoms with Crippen LogP contribution in [-0.4, -0.2) is 35.6 Å². The lowest BCUT2D eigenvalue weighted by molar-refractivity contribution is 0.185. The molecular formula is C16H18N4O. The highest BCUT2D eigenvalue weighted by Crippen LogP contribution is 2.20. The fourth-order valence-corrected chi connectivity index (χ4v) is 2.19. The maximum absolute atomic E-state index is 5.12. The van der Waals surface area contributed by atoms with Gasteiger partial charge in [-0.05, 0) is 11.6 Å². The van der Waals surface area contributed by atoms with E-state index in [-0.39, 0.29) is 0 Å². The van der Waals surface area contributed by atoms with Gasteiger partial charge in [0.2, 0.25) is 5.78 Å². The molecular weight excluding hydrogens is 264 g/mol. The molecule has 0 aliphatic heterocycles. The number of aromatic nitrogens is 3. The molecule has 0 aliphatic carbocycles. The van der Waals surface area contributed by atoms with Crippen LogP contribution in [0.1, 0.15) is 5.56 Å². The predicted molar refractivity (Wildman–Crippen MR) is 83.5 cm³/mol. The Bertz CT molecular complexity index is 747. The van der Waals surface area contributed by atoms with Crippen LogP contribution in [0.4, 0.5) is 5.82 Å². The van der Waals surface area contributed by atoms with Crippen molar-refractivity contribution in [1.29, 1.82) is 0 Å². The third-order valence-corrected chi connectivity index (χ3v) is 3.33. The van der Waals surface area contributed by atoms with Crippen LogP contribution >= 0.6 is 0 Å². The van der Waals surface area contributed by atoms with Crippen molar-refractivity contribution in [2.45, 2.75) is 6.61 Å². The Hall–Kier alpha value is -2.40. The predicted octanol–water partition coefficient (Wildman–Crippen LogP) is 2.61. The number of benzene rings is 1. The number of methoxy groups -OCH3 is 1. The van der Waals surface area contributed by atoms with Gasteiger partial charge in [0.15, 0.2) is 0 Å². The van der Waals surface area contributed by atoms with E-state index in [0.717, 1.165) is 22.6 Å². The molecule has 108 valence electrons. The highest BCUT2D eigenvalue weighted by atomic mass is 16.5. The van der Waals surface area contributed by atoms with E-state index in [1.54, 1.807) is 7.11 Å². The number of anilines is 1. The van der Waals surface area contributed by atoms with Crippen LogP contribution in [0.5, 0.6) is 0 Å². The molecule has 0 fully saturated rings. The average Bonchev–Trinajstić information content (AvgIpc) is 2.91. The van der Waals surface area contributed by atoms with Gasteiger partial charge in [0.25, 0.3) is 0 Å². The summed E-state index contributed by atoms with van der Waals surface area (Å²) < 4.78 is 7.06. The van der Waals surface area contributed by atoms with Crippen molar-refractivity contribution < 1.29 is 4.74 Å². The molecule has 21 heavy (non-hydrogen) atoms. The SMILES string of the molecule is COCc1ccc(-c2cn3ccc(N(C)C)nc3n2)cc1. The summed E-state index contributed by atoms with van der Waals surface area (Å²) >= 11 is 0. The molecule has 0 radical (unpaired) electrons. The molecule has 5 heteroatoms. The fraction of sp³-hybridized carbons (Fsp3) is 0.250. The number of nitrogens with zero attached hydrogens (tertiary/aromatic N) is 4. The summed E-state index contributed by atoms with van der Waals surface area (Å²) in [7, 11) is 5.64. The van der Waals surface area contributed by atoms with Crippen molar-refractivity contribution in [3.05, 3.63) is 48.3 Å². The van der Waals surface area contributed by atoms with Crippen molar-refractivity contribution in [2.24, 2.45) is 0 Å². The van der Waals surface area contributed by atoms with Crippen LogP contribution in [0.3, 0.4) is 0 Å². The van der Waals surface area contributed by atoms with Gasteiger partial charge in [-0.25, -0.2) is 4.98 Å². The Morgan fingerprint density at radius 1 is 1.10 bits per heavy atom. The van der Waals surface area contributed by atoms with Gasteiger partial charge in [0, 0.05) is 39.2 Å². The van der Waals surface area contributed by atoms with Gasteiger partial charge in [-0.15, -0.1) is 0 Å². The number of imidazole rings is 1. The summed E-state index contributed by atoms with van der Waals surface area (Å²) in [5, 5.41) is 0. The van der Waals surface area contributed by atoms with Crippen molar-refractivity contribution in [1.82, 2.24) is 14.4 Å². The van der Waals surface area contributed by atoms with Gasteiger partial charge < -0.3 is 9.64 Å². The van der Waals surface area contributed by atoms with E-state index in [2.05, 4.69) is 34.2 Å². The molecule has 0 unspecified atom stereocenters. The second-order valence-electron chi connectivity index (χ2n) is 5.14. The molecule has 0 aliphatic rings. The maximum atomic E-state index is 5.12. The highest BCUT2D eigenvalue weighted by Gasteiger charge is 2.07. The normalized spacial score (nSPS) is 11.0. The molecule has 0 spiro atoms. The number of rotatable bonds is 4. The lowest BCUT2D eigenvalue weighted by Gasteiger charge is -2.09. The molecule has 1 aromatic carbocycles. The van der Waals surface area contributed by atoms with Gasteiger partial charge in [-0.1, -0.05) is 24.3 Å². The summed E-state index contributed by atoms with van der Waals surface area (Å²) in [6.45, 7) is 0.624. The molecule has 0 saturated carbocycles. The van der Waals surface area contributed by atoms with E-state index in [9.17, 15) is 0 Å². The Morgan fingerprint density at radius 3 is 2.52 bits per heavy atom. The first-order valence-electron chi connectivity index (χ1n) is 6.78. The molecule has 5 nitrogen and oxygen atoms in total. The van der Waals surface area contributed by atoms with E-state index in [0.29, 0.717) is 12.4 Å². The van der Waals surface area contributed by atoms with Crippen LogP contribution in [0, 0.1) is 0 Å². The van der Waals surface area contributed by atoms with Crippen LogP contribution in [-0.2, 0) is 11.3 Å². The van der Waals surface area contributed by atoms with Gasteiger partial charge in [-0.3, -0.25) is 4.40 Å². The van der Waals surface area contributed by atoms with E-state index < -0.39 is 0 Å². The fourth-order valence-electron chi connectivity index (χ4n) is 2.19. The van der Waals surface area contributed by atoms with Crippen LogP contribution in [0.15, 0.2) is 42.7 Å². The number of ether oxygens (including phenoxy) is 1. The number of fused-ring (bicyclic) bond motifs is 1. The first-order chi connectivity index (χ1) is 10.2. The van der Waals surface area contributed by atoms with E-state index in [1.165, 1.54) is 0 Å². The molecule has 3 rings (SSSR count). The van der Waals surface area contributed by atoms with Crippen molar-refractivity contribution in [3.63, 3.8) is 0 Å². The quantitative estimate of drug-likeness (QED) is 0.737. The minimum absolute atomic E-state index is 0.624. The van der Waals surface area contributed by atoms with Crippen LogP contribution in [0.25, 0.3) is 17.0 Å².